The van der Waals surface area contributed by atoms with Crippen LogP contribution in [0.3, 0.4) is 0 Å². The molecule has 3 amide bonds. The van der Waals surface area contributed by atoms with E-state index in [1.807, 2.05) is 0 Å². The fraction of sp³-hybridized carbons (Fsp3) is 0.750. The van der Waals surface area contributed by atoms with Gasteiger partial charge in [-0.25, -0.2) is 4.79 Å². The first-order chi connectivity index (χ1) is 6.92. The molecule has 0 aromatic carbocycles. The molecule has 0 aromatic heterocycles. The van der Waals surface area contributed by atoms with Crippen molar-refractivity contribution in [1.29, 1.82) is 0 Å². The minimum absolute atomic E-state index is 0.496. The van der Waals surface area contributed by atoms with Crippen LogP contribution in [0.25, 0.3) is 0 Å². The number of imide groups is 1. The first-order valence-corrected chi connectivity index (χ1v) is 4.65. The van der Waals surface area contributed by atoms with Crippen LogP contribution in [0.1, 0.15) is 0 Å². The van der Waals surface area contributed by atoms with E-state index in [1.165, 1.54) is 33.2 Å². The zero-order valence-electron chi connectivity index (χ0n) is 8.98. The third-order valence-electron chi connectivity index (χ3n) is 2.45. The highest BCUT2D eigenvalue weighted by Crippen LogP contribution is 2.31. The van der Waals surface area contributed by atoms with Crippen LogP contribution in [0.4, 0.5) is 4.79 Å². The minimum atomic E-state index is -1.64. The molecule has 1 atom stereocenters. The maximum absolute atomic E-state index is 11.8. The third-order valence-corrected chi connectivity index (χ3v) is 3.03. The Balaban J connectivity index is 3.17. The summed E-state index contributed by atoms with van der Waals surface area (Å²) in [5.41, 5.74) is -0.997. The summed E-state index contributed by atoms with van der Waals surface area (Å²) in [7, 11) is 5.41. The standard InChI is InChI=1S/C8H13ClN2O4/c1-10-5(9)8(14-3,15-4)6(12)11(2)7(10)13/h5H,1-4H3. The average Bonchev–Trinajstić information content (AvgIpc) is 2.26. The Morgan fingerprint density at radius 2 is 1.73 bits per heavy atom. The molecule has 86 valence electrons. The molecule has 0 bridgehead atoms. The molecule has 0 spiro atoms. The van der Waals surface area contributed by atoms with Crippen LogP contribution in [-0.2, 0) is 14.3 Å². The normalized spacial score (nSPS) is 26.1. The Kier molecular flexibility index (Phi) is 3.22. The number of hydrogen-bond donors (Lipinski definition) is 0. The number of methoxy groups -OCH3 is 2. The molecule has 6 nitrogen and oxygen atoms in total. The smallest absolute Gasteiger partial charge is 0.327 e. The molecule has 0 aromatic rings. The summed E-state index contributed by atoms with van der Waals surface area (Å²) < 4.78 is 10.0. The number of urea groups is 1. The maximum atomic E-state index is 11.8. The summed E-state index contributed by atoms with van der Waals surface area (Å²) in [6, 6.07) is -0.496. The summed E-state index contributed by atoms with van der Waals surface area (Å²) in [4.78, 5) is 25.4. The summed E-state index contributed by atoms with van der Waals surface area (Å²) in [5.74, 6) is -2.26. The molecule has 1 heterocycles. The fourth-order valence-corrected chi connectivity index (χ4v) is 1.82. The summed E-state index contributed by atoms with van der Waals surface area (Å²) >= 11 is 5.95. The molecule has 1 aliphatic heterocycles. The van der Waals surface area contributed by atoms with Gasteiger partial charge in [-0.3, -0.25) is 9.69 Å². The van der Waals surface area contributed by atoms with Crippen LogP contribution < -0.4 is 0 Å². The fourth-order valence-electron chi connectivity index (χ4n) is 1.46. The molecule has 7 heteroatoms. The first kappa shape index (κ1) is 12.2. The lowest BCUT2D eigenvalue weighted by Gasteiger charge is -2.44. The quantitative estimate of drug-likeness (QED) is 0.387. The molecule has 1 unspecified atom stereocenters. The van der Waals surface area contributed by atoms with Crippen LogP contribution in [0, 0.1) is 0 Å². The number of hydrogen-bond acceptors (Lipinski definition) is 4. The van der Waals surface area contributed by atoms with Crippen LogP contribution in [0.15, 0.2) is 0 Å². The van der Waals surface area contributed by atoms with Crippen LogP contribution >= 0.6 is 11.6 Å². The van der Waals surface area contributed by atoms with E-state index in [2.05, 4.69) is 0 Å². The van der Waals surface area contributed by atoms with Gasteiger partial charge in [-0.1, -0.05) is 11.6 Å². The monoisotopic (exact) mass is 236 g/mol. The van der Waals surface area contributed by atoms with E-state index in [1.54, 1.807) is 0 Å². The van der Waals surface area contributed by atoms with E-state index in [9.17, 15) is 9.59 Å². The number of rotatable bonds is 2. The lowest BCUT2D eigenvalue weighted by molar-refractivity contribution is -0.232. The molecule has 0 saturated carbocycles. The van der Waals surface area contributed by atoms with Crippen LogP contribution in [-0.4, -0.2) is 61.3 Å². The summed E-state index contributed by atoms with van der Waals surface area (Å²) in [5, 5.41) is 0. The highest BCUT2D eigenvalue weighted by molar-refractivity contribution is 6.25. The van der Waals surface area contributed by atoms with Gasteiger partial charge < -0.3 is 14.4 Å². The van der Waals surface area contributed by atoms with E-state index in [0.29, 0.717) is 0 Å². The Labute approximate surface area is 92.7 Å². The minimum Gasteiger partial charge on any atom is -0.343 e. The molecule has 1 rings (SSSR count). The molecule has 15 heavy (non-hydrogen) atoms. The van der Waals surface area contributed by atoms with Crippen molar-refractivity contribution in [2.75, 3.05) is 28.3 Å². The number of carbonyl (C=O) groups excluding carboxylic acids is 2. The molecule has 0 N–H and O–H groups in total. The van der Waals surface area contributed by atoms with E-state index >= 15 is 0 Å². The zero-order valence-corrected chi connectivity index (χ0v) is 9.74. The second-order valence-electron chi connectivity index (χ2n) is 3.17. The molecule has 1 aliphatic rings. The first-order valence-electron chi connectivity index (χ1n) is 4.21. The largest absolute Gasteiger partial charge is 0.343 e. The Hall–Kier alpha value is -0.850. The second-order valence-corrected chi connectivity index (χ2v) is 3.58. The Morgan fingerprint density at radius 1 is 1.27 bits per heavy atom. The molecule has 1 fully saturated rings. The highest BCUT2D eigenvalue weighted by Gasteiger charge is 2.56. The van der Waals surface area contributed by atoms with Gasteiger partial charge in [0.05, 0.1) is 0 Å². The van der Waals surface area contributed by atoms with Crippen molar-refractivity contribution in [3.8, 4) is 0 Å². The van der Waals surface area contributed by atoms with Crippen molar-refractivity contribution < 1.29 is 19.1 Å². The second kappa shape index (κ2) is 3.96. The van der Waals surface area contributed by atoms with Gasteiger partial charge in [0, 0.05) is 28.3 Å². The lowest BCUT2D eigenvalue weighted by atomic mass is 10.1. The van der Waals surface area contributed by atoms with E-state index in [-0.39, 0.29) is 0 Å². The average molecular weight is 237 g/mol. The Bertz CT molecular complexity index is 292. The number of alkyl halides is 1. The SMILES string of the molecule is COC1(OC)C(=O)N(C)C(=O)N(C)C1Cl. The van der Waals surface area contributed by atoms with E-state index in [4.69, 9.17) is 21.1 Å². The number of nitrogens with zero attached hydrogens (tertiary/aromatic N) is 2. The van der Waals surface area contributed by atoms with Crippen molar-refractivity contribution in [2.24, 2.45) is 0 Å². The molecule has 1 saturated heterocycles. The molecule has 0 aliphatic carbocycles. The number of amides is 3. The van der Waals surface area contributed by atoms with Gasteiger partial charge in [0.25, 0.3) is 11.7 Å². The highest BCUT2D eigenvalue weighted by atomic mass is 35.5. The van der Waals surface area contributed by atoms with Gasteiger partial charge in [0.15, 0.2) is 5.50 Å². The van der Waals surface area contributed by atoms with E-state index in [0.717, 1.165) is 4.90 Å². The molecular formula is C8H13ClN2O4. The van der Waals surface area contributed by atoms with Gasteiger partial charge in [-0.05, 0) is 0 Å². The van der Waals surface area contributed by atoms with Gasteiger partial charge >= 0.3 is 6.03 Å². The van der Waals surface area contributed by atoms with Crippen LogP contribution in [0.5, 0.6) is 0 Å². The van der Waals surface area contributed by atoms with Crippen molar-refractivity contribution in [3.05, 3.63) is 0 Å². The number of carbonyl (C=O) groups is 2. The molecular weight excluding hydrogens is 224 g/mol. The summed E-state index contributed by atoms with van der Waals surface area (Å²) in [6.07, 6.45) is 0. The van der Waals surface area contributed by atoms with Crippen molar-refractivity contribution in [3.63, 3.8) is 0 Å². The van der Waals surface area contributed by atoms with Gasteiger partial charge in [-0.15, -0.1) is 0 Å². The van der Waals surface area contributed by atoms with Gasteiger partial charge in [0.1, 0.15) is 0 Å². The topological polar surface area (TPSA) is 59.1 Å². The van der Waals surface area contributed by atoms with E-state index < -0.39 is 23.2 Å². The predicted molar refractivity (Wildman–Crippen MR) is 52.3 cm³/mol. The van der Waals surface area contributed by atoms with Crippen molar-refractivity contribution in [2.45, 2.75) is 11.3 Å². The zero-order chi connectivity index (χ0) is 11.8. The van der Waals surface area contributed by atoms with Crippen molar-refractivity contribution in [1.82, 2.24) is 9.80 Å². The lowest BCUT2D eigenvalue weighted by Crippen LogP contribution is -2.68. The predicted octanol–water partition coefficient (Wildman–Crippen LogP) is 0.0642. The third kappa shape index (κ3) is 1.49. The Morgan fingerprint density at radius 3 is 2.13 bits per heavy atom. The number of halogens is 1. The maximum Gasteiger partial charge on any atom is 0.327 e. The molecule has 0 radical (unpaired) electrons. The van der Waals surface area contributed by atoms with Gasteiger partial charge in [0.2, 0.25) is 0 Å². The number of ether oxygens (including phenoxy) is 2. The van der Waals surface area contributed by atoms with Gasteiger partial charge in [-0.2, -0.15) is 0 Å². The van der Waals surface area contributed by atoms with Crippen LogP contribution in [0.2, 0.25) is 0 Å². The number of likely N-dealkylation sites (N-methyl/N-ethyl adjacent to an activating group) is 2. The van der Waals surface area contributed by atoms with Crippen molar-refractivity contribution >= 4 is 23.5 Å². The summed E-state index contributed by atoms with van der Waals surface area (Å²) in [6.45, 7) is 0.